The first-order chi connectivity index (χ1) is 13.9. The molecule has 2 heterocycles. The number of aryl methyl sites for hydroxylation is 1. The van der Waals surface area contributed by atoms with E-state index in [0.29, 0.717) is 15.7 Å². The Hall–Kier alpha value is -3.02. The van der Waals surface area contributed by atoms with Gasteiger partial charge in [-0.25, -0.2) is 5.01 Å². The molecule has 0 saturated carbocycles. The molecule has 0 radical (unpaired) electrons. The lowest BCUT2D eigenvalue weighted by molar-refractivity contribution is -0.117. The number of hydrogen-bond acceptors (Lipinski definition) is 2. The quantitative estimate of drug-likeness (QED) is 0.480. The van der Waals surface area contributed by atoms with E-state index in [4.69, 9.17) is 23.2 Å². The third-order valence-electron chi connectivity index (χ3n) is 4.84. The minimum atomic E-state index is -0.432. The molecular formula is C22H17Cl2N3O2. The topological polar surface area (TPSA) is 54.3 Å². The average Bonchev–Trinajstić information content (AvgIpc) is 3.15. The van der Waals surface area contributed by atoms with Crippen molar-refractivity contribution >= 4 is 46.8 Å². The van der Waals surface area contributed by atoms with Gasteiger partial charge in [-0.15, -0.1) is 0 Å². The van der Waals surface area contributed by atoms with Gasteiger partial charge in [-0.05, 0) is 61.9 Å². The van der Waals surface area contributed by atoms with E-state index < -0.39 is 5.91 Å². The van der Waals surface area contributed by atoms with Crippen molar-refractivity contribution in [2.24, 2.45) is 0 Å². The van der Waals surface area contributed by atoms with Crippen molar-refractivity contribution in [1.82, 2.24) is 9.99 Å². The summed E-state index contributed by atoms with van der Waals surface area (Å²) in [6.45, 7) is 3.87. The van der Waals surface area contributed by atoms with Crippen LogP contribution < -0.4 is 10.4 Å². The van der Waals surface area contributed by atoms with E-state index in [9.17, 15) is 9.59 Å². The summed E-state index contributed by atoms with van der Waals surface area (Å²) in [6, 6.07) is 16.3. The Labute approximate surface area is 178 Å². The van der Waals surface area contributed by atoms with E-state index in [0.717, 1.165) is 22.6 Å². The van der Waals surface area contributed by atoms with Crippen LogP contribution in [-0.2, 0) is 9.59 Å². The maximum atomic E-state index is 12.8. The molecule has 1 N–H and O–H groups in total. The number of para-hydroxylation sites is 1. The van der Waals surface area contributed by atoms with E-state index in [1.165, 1.54) is 5.01 Å². The van der Waals surface area contributed by atoms with Crippen LogP contribution in [0.25, 0.3) is 11.8 Å². The lowest BCUT2D eigenvalue weighted by Crippen LogP contribution is -2.35. The zero-order valence-corrected chi connectivity index (χ0v) is 17.3. The van der Waals surface area contributed by atoms with E-state index in [2.05, 4.69) is 5.43 Å². The molecule has 146 valence electrons. The fourth-order valence-corrected chi connectivity index (χ4v) is 3.72. The van der Waals surface area contributed by atoms with Crippen LogP contribution in [-0.4, -0.2) is 16.4 Å². The molecule has 1 aromatic heterocycles. The summed E-state index contributed by atoms with van der Waals surface area (Å²) in [5.41, 5.74) is 6.77. The SMILES string of the molecule is Cc1cc(/C=C2\C(=O)NN(c3ccccc3)C2=O)c(C)n1-c1ccc(Cl)c(Cl)c1. The molecule has 29 heavy (non-hydrogen) atoms. The highest BCUT2D eigenvalue weighted by atomic mass is 35.5. The number of carbonyl (C=O) groups is 2. The van der Waals surface area contributed by atoms with Crippen molar-refractivity contribution in [1.29, 1.82) is 0 Å². The lowest BCUT2D eigenvalue weighted by atomic mass is 10.1. The van der Waals surface area contributed by atoms with Crippen molar-refractivity contribution in [2.75, 3.05) is 5.01 Å². The molecular weight excluding hydrogens is 409 g/mol. The van der Waals surface area contributed by atoms with E-state index >= 15 is 0 Å². The monoisotopic (exact) mass is 425 g/mol. The summed E-state index contributed by atoms with van der Waals surface area (Å²) in [5.74, 6) is -0.821. The molecule has 7 heteroatoms. The Bertz CT molecular complexity index is 1170. The number of hydrazine groups is 1. The molecule has 0 atom stereocenters. The van der Waals surface area contributed by atoms with Crippen LogP contribution in [0.2, 0.25) is 10.0 Å². The summed E-state index contributed by atoms with van der Waals surface area (Å²) in [4.78, 5) is 25.3. The number of rotatable bonds is 3. The summed E-state index contributed by atoms with van der Waals surface area (Å²) < 4.78 is 2.00. The molecule has 1 saturated heterocycles. The summed E-state index contributed by atoms with van der Waals surface area (Å²) in [7, 11) is 0. The van der Waals surface area contributed by atoms with Gasteiger partial charge in [-0.2, -0.15) is 0 Å². The van der Waals surface area contributed by atoms with Crippen molar-refractivity contribution in [3.8, 4) is 5.69 Å². The fraction of sp³-hybridized carbons (Fsp3) is 0.0909. The highest BCUT2D eigenvalue weighted by Gasteiger charge is 2.34. The molecule has 0 aliphatic carbocycles. The van der Waals surface area contributed by atoms with Crippen LogP contribution >= 0.6 is 23.2 Å². The number of amides is 2. The van der Waals surface area contributed by atoms with Gasteiger partial charge in [-0.1, -0.05) is 41.4 Å². The van der Waals surface area contributed by atoms with Gasteiger partial charge in [0.1, 0.15) is 5.57 Å². The van der Waals surface area contributed by atoms with Crippen LogP contribution in [0.3, 0.4) is 0 Å². The third kappa shape index (κ3) is 3.43. The number of benzene rings is 2. The number of hydrogen-bond donors (Lipinski definition) is 1. The molecule has 0 bridgehead atoms. The number of aromatic nitrogens is 1. The van der Waals surface area contributed by atoms with Crippen LogP contribution in [0, 0.1) is 13.8 Å². The van der Waals surface area contributed by atoms with Crippen molar-refractivity contribution in [3.63, 3.8) is 0 Å². The molecule has 3 aromatic rings. The van der Waals surface area contributed by atoms with Crippen LogP contribution in [0.1, 0.15) is 17.0 Å². The maximum absolute atomic E-state index is 12.8. The van der Waals surface area contributed by atoms with E-state index in [-0.39, 0.29) is 11.5 Å². The largest absolute Gasteiger partial charge is 0.318 e. The first-order valence-corrected chi connectivity index (χ1v) is 9.69. The lowest BCUT2D eigenvalue weighted by Gasteiger charge is -2.13. The summed E-state index contributed by atoms with van der Waals surface area (Å²) in [6.07, 6.45) is 1.62. The van der Waals surface area contributed by atoms with Crippen molar-refractivity contribution in [3.05, 3.63) is 87.2 Å². The summed E-state index contributed by atoms with van der Waals surface area (Å²) in [5, 5.41) is 2.20. The second-order valence-corrected chi connectivity index (χ2v) is 7.55. The van der Waals surface area contributed by atoms with Gasteiger partial charge in [-0.3, -0.25) is 15.0 Å². The van der Waals surface area contributed by atoms with E-state index in [1.807, 2.05) is 36.6 Å². The Morgan fingerprint density at radius 3 is 2.31 bits per heavy atom. The van der Waals surface area contributed by atoms with Gasteiger partial charge in [0.15, 0.2) is 0 Å². The Morgan fingerprint density at radius 1 is 0.897 bits per heavy atom. The molecule has 0 unspecified atom stereocenters. The maximum Gasteiger partial charge on any atom is 0.282 e. The zero-order valence-electron chi connectivity index (χ0n) is 15.7. The molecule has 1 aliphatic heterocycles. The third-order valence-corrected chi connectivity index (χ3v) is 5.58. The molecule has 1 aliphatic rings. The first kappa shape index (κ1) is 19.3. The minimum absolute atomic E-state index is 0.0863. The Morgan fingerprint density at radius 2 is 1.62 bits per heavy atom. The second-order valence-electron chi connectivity index (χ2n) is 6.74. The number of carbonyl (C=O) groups excluding carboxylic acids is 2. The summed E-state index contributed by atoms with van der Waals surface area (Å²) >= 11 is 12.2. The van der Waals surface area contributed by atoms with Crippen LogP contribution in [0.15, 0.2) is 60.2 Å². The smallest absolute Gasteiger partial charge is 0.282 e. The van der Waals surface area contributed by atoms with Gasteiger partial charge >= 0.3 is 0 Å². The molecule has 4 rings (SSSR count). The van der Waals surface area contributed by atoms with Gasteiger partial charge in [0, 0.05) is 17.1 Å². The number of anilines is 1. The van der Waals surface area contributed by atoms with Gasteiger partial charge < -0.3 is 4.57 Å². The highest BCUT2D eigenvalue weighted by molar-refractivity contribution is 6.42. The van der Waals surface area contributed by atoms with Gasteiger partial charge in [0.2, 0.25) is 0 Å². The number of nitrogens with one attached hydrogen (secondary N) is 1. The first-order valence-electron chi connectivity index (χ1n) is 8.93. The number of nitrogens with zero attached hydrogens (tertiary/aromatic N) is 2. The molecule has 2 amide bonds. The predicted molar refractivity (Wildman–Crippen MR) is 115 cm³/mol. The van der Waals surface area contributed by atoms with Gasteiger partial charge in [0.05, 0.1) is 15.7 Å². The molecule has 5 nitrogen and oxygen atoms in total. The van der Waals surface area contributed by atoms with Crippen molar-refractivity contribution < 1.29 is 9.59 Å². The zero-order chi connectivity index (χ0) is 20.7. The Balaban J connectivity index is 1.73. The Kier molecular flexibility index (Phi) is 4.94. The van der Waals surface area contributed by atoms with Crippen molar-refractivity contribution in [2.45, 2.75) is 13.8 Å². The molecule has 0 spiro atoms. The minimum Gasteiger partial charge on any atom is -0.318 e. The van der Waals surface area contributed by atoms with Crippen LogP contribution in [0.4, 0.5) is 5.69 Å². The number of halogens is 2. The normalized spacial score (nSPS) is 15.3. The average molecular weight is 426 g/mol. The molecule has 2 aromatic carbocycles. The predicted octanol–water partition coefficient (Wildman–Crippen LogP) is 4.86. The fourth-order valence-electron chi connectivity index (χ4n) is 3.43. The second kappa shape index (κ2) is 7.43. The van der Waals surface area contributed by atoms with Gasteiger partial charge in [0.25, 0.3) is 11.8 Å². The standard InChI is InChI=1S/C22H17Cl2N3O2/c1-13-10-15(14(2)26(13)17-8-9-19(23)20(24)12-17)11-18-21(28)25-27(22(18)29)16-6-4-3-5-7-16/h3-12H,1-2H3,(H,25,28)/b18-11+. The van der Waals surface area contributed by atoms with E-state index in [1.54, 1.807) is 42.5 Å². The molecule has 1 fully saturated rings. The highest BCUT2D eigenvalue weighted by Crippen LogP contribution is 2.29. The van der Waals surface area contributed by atoms with Crippen LogP contribution in [0.5, 0.6) is 0 Å².